The second-order valence-corrected chi connectivity index (χ2v) is 5.38. The Hall–Kier alpha value is -0.940. The van der Waals surface area contributed by atoms with Gasteiger partial charge in [-0.05, 0) is 12.8 Å². The van der Waals surface area contributed by atoms with Crippen LogP contribution in [0.3, 0.4) is 0 Å². The van der Waals surface area contributed by atoms with Crippen LogP contribution in [0.15, 0.2) is 5.38 Å². The molecule has 0 saturated carbocycles. The van der Waals surface area contributed by atoms with E-state index < -0.39 is 6.04 Å². The average molecular weight is 241 g/mol. The molecule has 0 fully saturated rings. The standard InChI is InChI=1S/C11H19N3OS/c1-7(2)10(12)11(15)14(4)5-9-6-16-8(3)13-9/h6-7,10H,5,12H2,1-4H3/t10-/m1/s1. The van der Waals surface area contributed by atoms with Gasteiger partial charge in [-0.25, -0.2) is 4.98 Å². The number of nitrogens with zero attached hydrogens (tertiary/aromatic N) is 2. The minimum absolute atomic E-state index is 0.0272. The molecule has 1 amide bonds. The Labute approximate surface area is 100 Å². The maximum Gasteiger partial charge on any atom is 0.239 e. The van der Waals surface area contributed by atoms with Gasteiger partial charge in [0.1, 0.15) is 0 Å². The van der Waals surface area contributed by atoms with Crippen molar-refractivity contribution in [3.8, 4) is 0 Å². The molecular weight excluding hydrogens is 222 g/mol. The number of carbonyl (C=O) groups is 1. The molecule has 1 atom stereocenters. The molecular formula is C11H19N3OS. The van der Waals surface area contributed by atoms with E-state index in [1.807, 2.05) is 26.2 Å². The molecule has 2 N–H and O–H groups in total. The molecule has 0 bridgehead atoms. The van der Waals surface area contributed by atoms with Crippen LogP contribution in [0.4, 0.5) is 0 Å². The number of aryl methyl sites for hydroxylation is 1. The Morgan fingerprint density at radius 3 is 2.69 bits per heavy atom. The van der Waals surface area contributed by atoms with Crippen molar-refractivity contribution in [1.29, 1.82) is 0 Å². The number of hydrogen-bond acceptors (Lipinski definition) is 4. The van der Waals surface area contributed by atoms with Crippen molar-refractivity contribution in [3.63, 3.8) is 0 Å². The van der Waals surface area contributed by atoms with Crippen LogP contribution < -0.4 is 5.73 Å². The average Bonchev–Trinajstić information content (AvgIpc) is 2.61. The predicted octanol–water partition coefficient (Wildman–Crippen LogP) is 1.39. The van der Waals surface area contributed by atoms with Gasteiger partial charge in [0.25, 0.3) is 0 Å². The fourth-order valence-electron chi connectivity index (χ4n) is 1.34. The third-order valence-electron chi connectivity index (χ3n) is 2.45. The van der Waals surface area contributed by atoms with E-state index in [1.54, 1.807) is 23.3 Å². The highest BCUT2D eigenvalue weighted by Crippen LogP contribution is 2.11. The lowest BCUT2D eigenvalue weighted by molar-refractivity contribution is -0.132. The number of likely N-dealkylation sites (N-methyl/N-ethyl adjacent to an activating group) is 1. The molecule has 5 heteroatoms. The molecule has 1 aromatic heterocycles. The van der Waals surface area contributed by atoms with Crippen molar-refractivity contribution >= 4 is 17.2 Å². The lowest BCUT2D eigenvalue weighted by Crippen LogP contribution is -2.44. The first kappa shape index (κ1) is 13.1. The number of carbonyl (C=O) groups excluding carboxylic acids is 1. The largest absolute Gasteiger partial charge is 0.338 e. The molecule has 0 saturated heterocycles. The molecule has 0 aliphatic rings. The van der Waals surface area contributed by atoms with E-state index in [0.717, 1.165) is 10.7 Å². The summed E-state index contributed by atoms with van der Waals surface area (Å²) in [6.45, 7) is 6.38. The fraction of sp³-hybridized carbons (Fsp3) is 0.636. The minimum Gasteiger partial charge on any atom is -0.338 e. The van der Waals surface area contributed by atoms with Crippen molar-refractivity contribution < 1.29 is 4.79 Å². The van der Waals surface area contributed by atoms with Crippen LogP contribution in [0.5, 0.6) is 0 Å². The van der Waals surface area contributed by atoms with Gasteiger partial charge < -0.3 is 10.6 Å². The molecule has 0 aromatic carbocycles. The molecule has 1 rings (SSSR count). The zero-order chi connectivity index (χ0) is 12.3. The third kappa shape index (κ3) is 3.28. The summed E-state index contributed by atoms with van der Waals surface area (Å²) in [5.74, 6) is 0.132. The smallest absolute Gasteiger partial charge is 0.239 e. The maximum atomic E-state index is 11.9. The molecule has 90 valence electrons. The van der Waals surface area contributed by atoms with E-state index >= 15 is 0 Å². The topological polar surface area (TPSA) is 59.2 Å². The van der Waals surface area contributed by atoms with Gasteiger partial charge in [-0.2, -0.15) is 0 Å². The van der Waals surface area contributed by atoms with Gasteiger partial charge in [0.2, 0.25) is 5.91 Å². The first-order chi connectivity index (χ1) is 7.41. The normalized spacial score (nSPS) is 12.9. The van der Waals surface area contributed by atoms with Crippen LogP contribution >= 0.6 is 11.3 Å². The number of amides is 1. The fourth-order valence-corrected chi connectivity index (χ4v) is 1.95. The Morgan fingerprint density at radius 1 is 1.62 bits per heavy atom. The predicted molar refractivity (Wildman–Crippen MR) is 66.1 cm³/mol. The first-order valence-corrected chi connectivity index (χ1v) is 6.21. The monoisotopic (exact) mass is 241 g/mol. The summed E-state index contributed by atoms with van der Waals surface area (Å²) in [5, 5.41) is 2.99. The Balaban J connectivity index is 2.58. The number of rotatable bonds is 4. The van der Waals surface area contributed by atoms with Crippen molar-refractivity contribution in [2.45, 2.75) is 33.4 Å². The molecule has 0 aliphatic carbocycles. The molecule has 0 spiro atoms. The summed E-state index contributed by atoms with van der Waals surface area (Å²) in [6, 6.07) is -0.426. The van der Waals surface area contributed by atoms with Gasteiger partial charge in [-0.3, -0.25) is 4.79 Å². The Morgan fingerprint density at radius 2 is 2.25 bits per heavy atom. The Bertz CT molecular complexity index is 362. The summed E-state index contributed by atoms with van der Waals surface area (Å²) < 4.78 is 0. The summed E-state index contributed by atoms with van der Waals surface area (Å²) in [6.07, 6.45) is 0. The van der Waals surface area contributed by atoms with E-state index in [9.17, 15) is 4.79 Å². The highest BCUT2D eigenvalue weighted by atomic mass is 32.1. The number of aromatic nitrogens is 1. The van der Waals surface area contributed by atoms with Crippen molar-refractivity contribution in [2.75, 3.05) is 7.05 Å². The van der Waals surface area contributed by atoms with E-state index in [1.165, 1.54) is 0 Å². The number of hydrogen-bond donors (Lipinski definition) is 1. The zero-order valence-electron chi connectivity index (χ0n) is 10.2. The lowest BCUT2D eigenvalue weighted by atomic mass is 10.0. The molecule has 4 nitrogen and oxygen atoms in total. The van der Waals surface area contributed by atoms with Crippen molar-refractivity contribution in [1.82, 2.24) is 9.88 Å². The van der Waals surface area contributed by atoms with Crippen LogP contribution in [0.1, 0.15) is 24.5 Å². The number of thiazole rings is 1. The van der Waals surface area contributed by atoms with Crippen LogP contribution in [0, 0.1) is 12.8 Å². The SMILES string of the molecule is Cc1nc(CN(C)C(=O)[C@H](N)C(C)C)cs1. The van der Waals surface area contributed by atoms with E-state index in [4.69, 9.17) is 5.73 Å². The summed E-state index contributed by atoms with van der Waals surface area (Å²) in [7, 11) is 1.76. The van der Waals surface area contributed by atoms with Gasteiger partial charge in [0, 0.05) is 12.4 Å². The molecule has 16 heavy (non-hydrogen) atoms. The number of nitrogens with two attached hydrogens (primary N) is 1. The van der Waals surface area contributed by atoms with Crippen LogP contribution in [-0.2, 0) is 11.3 Å². The summed E-state index contributed by atoms with van der Waals surface area (Å²) in [5.41, 5.74) is 6.74. The van der Waals surface area contributed by atoms with E-state index in [0.29, 0.717) is 6.54 Å². The quantitative estimate of drug-likeness (QED) is 0.866. The van der Waals surface area contributed by atoms with E-state index in [2.05, 4.69) is 4.98 Å². The van der Waals surface area contributed by atoms with E-state index in [-0.39, 0.29) is 11.8 Å². The van der Waals surface area contributed by atoms with Gasteiger partial charge in [0.05, 0.1) is 23.3 Å². The zero-order valence-corrected chi connectivity index (χ0v) is 11.0. The Kier molecular flexibility index (Phi) is 4.44. The van der Waals surface area contributed by atoms with Gasteiger partial charge in [0.15, 0.2) is 0 Å². The molecule has 1 aromatic rings. The third-order valence-corrected chi connectivity index (χ3v) is 3.27. The second-order valence-electron chi connectivity index (χ2n) is 4.32. The van der Waals surface area contributed by atoms with Crippen molar-refractivity contribution in [2.24, 2.45) is 11.7 Å². The highest BCUT2D eigenvalue weighted by Gasteiger charge is 2.21. The van der Waals surface area contributed by atoms with Gasteiger partial charge in [-0.15, -0.1) is 11.3 Å². The molecule has 0 unspecified atom stereocenters. The highest BCUT2D eigenvalue weighted by molar-refractivity contribution is 7.09. The molecule has 0 radical (unpaired) electrons. The van der Waals surface area contributed by atoms with Gasteiger partial charge in [-0.1, -0.05) is 13.8 Å². The van der Waals surface area contributed by atoms with Crippen molar-refractivity contribution in [3.05, 3.63) is 16.1 Å². The second kappa shape index (κ2) is 5.41. The maximum absolute atomic E-state index is 11.9. The lowest BCUT2D eigenvalue weighted by Gasteiger charge is -2.22. The summed E-state index contributed by atoms with van der Waals surface area (Å²) in [4.78, 5) is 17.8. The minimum atomic E-state index is -0.426. The van der Waals surface area contributed by atoms with Crippen LogP contribution in [0.25, 0.3) is 0 Å². The summed E-state index contributed by atoms with van der Waals surface area (Å²) >= 11 is 1.59. The van der Waals surface area contributed by atoms with Gasteiger partial charge >= 0.3 is 0 Å². The first-order valence-electron chi connectivity index (χ1n) is 5.33. The van der Waals surface area contributed by atoms with Crippen LogP contribution in [-0.4, -0.2) is 28.9 Å². The van der Waals surface area contributed by atoms with Crippen LogP contribution in [0.2, 0.25) is 0 Å². The molecule has 0 aliphatic heterocycles. The molecule has 1 heterocycles.